The lowest BCUT2D eigenvalue weighted by Gasteiger charge is -2.58. The first kappa shape index (κ1) is 49.3. The minimum absolute atomic E-state index is 0.0637. The highest BCUT2D eigenvalue weighted by molar-refractivity contribution is 5.25. The van der Waals surface area contributed by atoms with Gasteiger partial charge in [-0.15, -0.1) is 12.3 Å². The number of rotatable bonds is 29. The zero-order chi connectivity index (χ0) is 41.8. The van der Waals surface area contributed by atoms with Crippen molar-refractivity contribution in [3.8, 4) is 12.3 Å². The van der Waals surface area contributed by atoms with E-state index in [0.717, 1.165) is 74.3 Å². The maximum Gasteiger partial charge on any atom is 0.169 e. The Kier molecular flexibility index (Phi) is 22.2. The van der Waals surface area contributed by atoms with E-state index >= 15 is 0 Å². The molecule has 2 unspecified atom stereocenters. The average molecular weight is 804 g/mol. The molecule has 0 radical (unpaired) electrons. The number of likely N-dealkylation sites (N-methyl/N-ethyl adjacent to an activating group) is 1. The van der Waals surface area contributed by atoms with Gasteiger partial charge in [0.2, 0.25) is 0 Å². The Balaban J connectivity index is 1.17. The molecule has 3 saturated carbocycles. The zero-order valence-electron chi connectivity index (χ0n) is 39.4. The van der Waals surface area contributed by atoms with Crippen molar-refractivity contribution in [2.45, 2.75) is 214 Å². The van der Waals surface area contributed by atoms with Gasteiger partial charge in [0.15, 0.2) is 6.29 Å². The van der Waals surface area contributed by atoms with Gasteiger partial charge in [-0.1, -0.05) is 135 Å². The van der Waals surface area contributed by atoms with Gasteiger partial charge < -0.3 is 19.1 Å². The number of unbranched alkanes of at least 4 members (excludes halogenated alkanes) is 9. The summed E-state index contributed by atoms with van der Waals surface area (Å²) in [5.41, 5.74) is 2.53. The van der Waals surface area contributed by atoms with E-state index in [-0.39, 0.29) is 18.5 Å². The summed E-state index contributed by atoms with van der Waals surface area (Å²) in [4.78, 5) is 2.19. The van der Waals surface area contributed by atoms with Crippen molar-refractivity contribution in [2.24, 2.45) is 46.3 Å². The Hall–Kier alpha value is -1.38. The van der Waals surface area contributed by atoms with Crippen LogP contribution >= 0.6 is 0 Å². The highest BCUT2D eigenvalue weighted by Gasteiger charge is 2.59. The lowest BCUT2D eigenvalue weighted by molar-refractivity contribution is -0.208. The molecule has 0 bridgehead atoms. The third-order valence-electron chi connectivity index (χ3n) is 15.6. The van der Waals surface area contributed by atoms with Crippen LogP contribution in [0.5, 0.6) is 0 Å². The molecule has 0 saturated heterocycles. The van der Waals surface area contributed by atoms with Gasteiger partial charge in [0.25, 0.3) is 0 Å². The molecule has 0 aliphatic heterocycles. The molecular weight excluding hydrogens is 711 g/mol. The van der Waals surface area contributed by atoms with E-state index in [4.69, 9.17) is 20.6 Å². The van der Waals surface area contributed by atoms with E-state index in [0.29, 0.717) is 23.9 Å². The second-order valence-electron chi connectivity index (χ2n) is 20.8. The maximum atomic E-state index is 6.80. The Morgan fingerprint density at radius 1 is 0.845 bits per heavy atom. The van der Waals surface area contributed by atoms with Crippen LogP contribution in [0.4, 0.5) is 0 Å². The fraction of sp³-hybridized carbons (Fsp3) is 0.852. The van der Waals surface area contributed by atoms with Crippen molar-refractivity contribution in [3.05, 3.63) is 36.0 Å². The minimum atomic E-state index is -0.389. The first-order valence-corrected chi connectivity index (χ1v) is 25.0. The number of fused-ring (bicyclic) bond motifs is 5. The average Bonchev–Trinajstić information content (AvgIpc) is 3.54. The summed E-state index contributed by atoms with van der Waals surface area (Å²) in [5, 5.41) is 0. The van der Waals surface area contributed by atoms with Crippen LogP contribution in [0, 0.1) is 58.7 Å². The summed E-state index contributed by atoms with van der Waals surface area (Å²) in [7, 11) is 4.21. The quantitative estimate of drug-likeness (QED) is 0.0326. The van der Waals surface area contributed by atoms with E-state index in [9.17, 15) is 0 Å². The largest absolute Gasteiger partial charge is 0.379 e. The third-order valence-corrected chi connectivity index (χ3v) is 15.6. The van der Waals surface area contributed by atoms with Gasteiger partial charge in [0.1, 0.15) is 0 Å². The van der Waals surface area contributed by atoms with E-state index in [2.05, 4.69) is 96.8 Å². The van der Waals surface area contributed by atoms with Crippen LogP contribution in [0.25, 0.3) is 0 Å². The Bertz CT molecular complexity index is 1260. The number of allylic oxidation sites excluding steroid dienone is 5. The summed E-state index contributed by atoms with van der Waals surface area (Å²) in [6.07, 6.45) is 47.9. The van der Waals surface area contributed by atoms with E-state index in [1.54, 1.807) is 5.57 Å². The first-order chi connectivity index (χ1) is 28.0. The SMILES string of the molecule is C#CCC(OC(COCCCCCCCC/C=C\C/C=C\CCCCC)CN(C)C)O[C@H]1CC[C@@]2(C)C(=CC[C@H]3[C@@H]4CC[C@H]([C@H](C)CCCC(C)C)[C@@]4(C)CC[C@@H]32)C1. The topological polar surface area (TPSA) is 30.9 Å². The summed E-state index contributed by atoms with van der Waals surface area (Å²) in [6.45, 7) is 17.1. The second-order valence-corrected chi connectivity index (χ2v) is 20.8. The third kappa shape index (κ3) is 15.2. The van der Waals surface area contributed by atoms with Crippen LogP contribution < -0.4 is 0 Å². The lowest BCUT2D eigenvalue weighted by Crippen LogP contribution is -2.51. The van der Waals surface area contributed by atoms with Crippen molar-refractivity contribution >= 4 is 0 Å². The predicted octanol–water partition coefficient (Wildman–Crippen LogP) is 14.5. The Morgan fingerprint density at radius 2 is 1.57 bits per heavy atom. The molecule has 0 heterocycles. The first-order valence-electron chi connectivity index (χ1n) is 25.0. The van der Waals surface area contributed by atoms with Gasteiger partial charge in [0.05, 0.1) is 25.2 Å². The second kappa shape index (κ2) is 26.2. The summed E-state index contributed by atoms with van der Waals surface area (Å²) >= 11 is 0. The molecule has 4 aliphatic carbocycles. The number of ether oxygens (including phenoxy) is 3. The molecule has 0 aromatic carbocycles. The Labute approximate surface area is 360 Å². The van der Waals surface area contributed by atoms with Gasteiger partial charge >= 0.3 is 0 Å². The molecule has 4 heteroatoms. The molecule has 3 fully saturated rings. The molecule has 0 amide bonds. The highest BCUT2D eigenvalue weighted by Crippen LogP contribution is 2.67. The number of hydrogen-bond donors (Lipinski definition) is 0. The highest BCUT2D eigenvalue weighted by atomic mass is 16.7. The van der Waals surface area contributed by atoms with Gasteiger partial charge in [0, 0.05) is 13.2 Å². The van der Waals surface area contributed by atoms with Gasteiger partial charge in [-0.25, -0.2) is 0 Å². The predicted molar refractivity (Wildman–Crippen MR) is 249 cm³/mol. The molecule has 0 aromatic heterocycles. The smallest absolute Gasteiger partial charge is 0.169 e. The Morgan fingerprint density at radius 3 is 2.28 bits per heavy atom. The van der Waals surface area contributed by atoms with Gasteiger partial charge in [-0.05, 0) is 150 Å². The number of terminal acetylenes is 1. The van der Waals surface area contributed by atoms with Gasteiger partial charge in [-0.2, -0.15) is 0 Å². The van der Waals surface area contributed by atoms with Crippen LogP contribution in [0.2, 0.25) is 0 Å². The summed E-state index contributed by atoms with van der Waals surface area (Å²) in [6, 6.07) is 0. The van der Waals surface area contributed by atoms with E-state index in [1.165, 1.54) is 122 Å². The molecular formula is C54H93NO3. The molecule has 0 aromatic rings. The van der Waals surface area contributed by atoms with E-state index in [1.807, 2.05) is 0 Å². The van der Waals surface area contributed by atoms with Crippen LogP contribution in [0.15, 0.2) is 36.0 Å². The molecule has 0 N–H and O–H groups in total. The summed E-state index contributed by atoms with van der Waals surface area (Å²) in [5.74, 6) is 8.07. The van der Waals surface area contributed by atoms with Crippen molar-refractivity contribution < 1.29 is 14.2 Å². The molecule has 0 spiro atoms. The van der Waals surface area contributed by atoms with Crippen LogP contribution in [-0.4, -0.2) is 57.3 Å². The molecule has 332 valence electrons. The molecule has 4 aliphatic rings. The number of nitrogens with zero attached hydrogens (tertiary/aromatic N) is 1. The van der Waals surface area contributed by atoms with Crippen LogP contribution in [-0.2, 0) is 14.2 Å². The fourth-order valence-corrected chi connectivity index (χ4v) is 12.4. The summed E-state index contributed by atoms with van der Waals surface area (Å²) < 4.78 is 19.7. The zero-order valence-corrected chi connectivity index (χ0v) is 39.4. The van der Waals surface area contributed by atoms with Crippen LogP contribution in [0.1, 0.15) is 196 Å². The number of hydrogen-bond acceptors (Lipinski definition) is 4. The normalized spacial score (nSPS) is 30.0. The van der Waals surface area contributed by atoms with Crippen molar-refractivity contribution in [1.82, 2.24) is 4.90 Å². The molecule has 4 nitrogen and oxygen atoms in total. The van der Waals surface area contributed by atoms with Crippen molar-refractivity contribution in [2.75, 3.05) is 33.9 Å². The van der Waals surface area contributed by atoms with Crippen molar-refractivity contribution in [1.29, 1.82) is 0 Å². The fourth-order valence-electron chi connectivity index (χ4n) is 12.4. The van der Waals surface area contributed by atoms with Crippen LogP contribution in [0.3, 0.4) is 0 Å². The minimum Gasteiger partial charge on any atom is -0.379 e. The molecule has 58 heavy (non-hydrogen) atoms. The maximum absolute atomic E-state index is 6.80. The molecule has 10 atom stereocenters. The standard InChI is InChI=1S/C54H93NO3/c1-10-12-13-14-15-16-17-18-19-20-21-22-23-24-25-26-39-56-42-47(41-55(8)9)58-52(28-11-2)57-46-35-37-53(6)45(40-46)31-32-48-50-34-33-49(44(5)30-27-29-43(3)4)54(50,7)38-36-51(48)53/h2,15-16,18-19,31,43-44,46-52H,10,12-14,17,20-30,32-42H2,1,3-9H3/b16-15-,19-18-/t44-,46+,47?,48+,49-,50+,51+,52?,53+,54-/m1/s1. The monoisotopic (exact) mass is 804 g/mol. The van der Waals surface area contributed by atoms with E-state index < -0.39 is 0 Å². The van der Waals surface area contributed by atoms with Crippen molar-refractivity contribution in [3.63, 3.8) is 0 Å². The lowest BCUT2D eigenvalue weighted by atomic mass is 9.47. The van der Waals surface area contributed by atoms with Gasteiger partial charge in [-0.3, -0.25) is 0 Å². The molecule has 4 rings (SSSR count).